The molecule has 3 aromatic rings. The Balaban J connectivity index is 1.85. The highest BCUT2D eigenvalue weighted by molar-refractivity contribution is 6.03. The Bertz CT molecular complexity index is 815. The maximum atomic E-state index is 12.3. The number of nitrogens with one attached hydrogen (secondary N) is 1. The van der Waals surface area contributed by atoms with Gasteiger partial charge in [0.05, 0.1) is 0 Å². The second-order valence-corrected chi connectivity index (χ2v) is 4.70. The molecule has 110 valence electrons. The van der Waals surface area contributed by atoms with Crippen LogP contribution in [-0.4, -0.2) is 30.8 Å². The lowest BCUT2D eigenvalue weighted by Gasteiger charge is -2.09. The molecule has 0 saturated carbocycles. The number of phenolic OH excluding ortho intramolecular Hbond substituents is 1. The van der Waals surface area contributed by atoms with Gasteiger partial charge in [0.15, 0.2) is 0 Å². The van der Waals surface area contributed by atoms with Crippen molar-refractivity contribution < 1.29 is 9.90 Å². The second-order valence-electron chi connectivity index (χ2n) is 4.70. The average Bonchev–Trinajstić information content (AvgIpc) is 3.04. The van der Waals surface area contributed by atoms with Crippen molar-refractivity contribution in [2.24, 2.45) is 0 Å². The van der Waals surface area contributed by atoms with Gasteiger partial charge < -0.3 is 10.4 Å². The molecule has 1 amide bonds. The predicted molar refractivity (Wildman–Crippen MR) is 80.0 cm³/mol. The van der Waals surface area contributed by atoms with E-state index in [1.54, 1.807) is 41.8 Å². The summed E-state index contributed by atoms with van der Waals surface area (Å²) in [5.41, 5.74) is 1.67. The molecule has 0 spiro atoms. The number of phenols is 1. The first-order valence-corrected chi connectivity index (χ1v) is 6.56. The molecule has 2 N–H and O–H groups in total. The molecule has 0 saturated heterocycles. The van der Waals surface area contributed by atoms with Crippen LogP contribution >= 0.6 is 0 Å². The molecule has 22 heavy (non-hydrogen) atoms. The van der Waals surface area contributed by atoms with Gasteiger partial charge in [-0.25, -0.2) is 4.98 Å². The van der Waals surface area contributed by atoms with Crippen molar-refractivity contribution in [1.29, 1.82) is 0 Å². The normalized spacial score (nSPS) is 10.4. The van der Waals surface area contributed by atoms with Crippen LogP contribution in [0, 0.1) is 6.92 Å². The van der Waals surface area contributed by atoms with Crippen LogP contribution in [0.25, 0.3) is 5.82 Å². The number of hydrogen-bond acceptors (Lipinski definition) is 5. The van der Waals surface area contributed by atoms with Crippen molar-refractivity contribution in [2.75, 3.05) is 5.32 Å². The quantitative estimate of drug-likeness (QED) is 0.720. The molecule has 0 unspecified atom stereocenters. The fourth-order valence-corrected chi connectivity index (χ4v) is 1.99. The van der Waals surface area contributed by atoms with Gasteiger partial charge in [-0.3, -0.25) is 9.36 Å². The van der Waals surface area contributed by atoms with Crippen LogP contribution in [0.4, 0.5) is 5.69 Å². The SMILES string of the molecule is Cc1cc(O)ccc1NC(=O)c1cccc(-n2cnnc2)n1. The van der Waals surface area contributed by atoms with Crippen LogP contribution in [-0.2, 0) is 0 Å². The third-order valence-electron chi connectivity index (χ3n) is 3.11. The van der Waals surface area contributed by atoms with Crippen molar-refractivity contribution in [1.82, 2.24) is 19.7 Å². The molecule has 0 aliphatic carbocycles. The first kappa shape index (κ1) is 13.7. The Kier molecular flexibility index (Phi) is 3.53. The van der Waals surface area contributed by atoms with Crippen LogP contribution < -0.4 is 5.32 Å². The minimum atomic E-state index is -0.330. The van der Waals surface area contributed by atoms with Gasteiger partial charge in [0.25, 0.3) is 5.91 Å². The molecule has 2 heterocycles. The first-order chi connectivity index (χ1) is 10.6. The molecule has 0 fully saturated rings. The van der Waals surface area contributed by atoms with E-state index in [0.29, 0.717) is 11.5 Å². The van der Waals surface area contributed by atoms with Crippen molar-refractivity contribution in [3.63, 3.8) is 0 Å². The highest BCUT2D eigenvalue weighted by Crippen LogP contribution is 2.20. The number of aromatic nitrogens is 4. The third kappa shape index (κ3) is 2.78. The Labute approximate surface area is 126 Å². The lowest BCUT2D eigenvalue weighted by atomic mass is 10.2. The maximum absolute atomic E-state index is 12.3. The number of benzene rings is 1. The van der Waals surface area contributed by atoms with E-state index in [4.69, 9.17) is 0 Å². The van der Waals surface area contributed by atoms with Gasteiger partial charge in [-0.2, -0.15) is 0 Å². The standard InChI is InChI=1S/C15H13N5O2/c1-10-7-11(21)5-6-12(10)19-15(22)13-3-2-4-14(18-13)20-8-16-17-9-20/h2-9,21H,1H3,(H,19,22). The topological polar surface area (TPSA) is 92.9 Å². The van der Waals surface area contributed by atoms with Gasteiger partial charge in [0.1, 0.15) is 29.9 Å². The smallest absolute Gasteiger partial charge is 0.274 e. The Morgan fingerprint density at radius 1 is 1.18 bits per heavy atom. The lowest BCUT2D eigenvalue weighted by molar-refractivity contribution is 0.102. The van der Waals surface area contributed by atoms with E-state index in [1.807, 2.05) is 0 Å². The molecular weight excluding hydrogens is 282 g/mol. The van der Waals surface area contributed by atoms with Crippen LogP contribution in [0.3, 0.4) is 0 Å². The van der Waals surface area contributed by atoms with E-state index in [9.17, 15) is 9.90 Å². The van der Waals surface area contributed by atoms with Crippen molar-refractivity contribution in [3.05, 3.63) is 60.3 Å². The van der Waals surface area contributed by atoms with Gasteiger partial charge in [0, 0.05) is 5.69 Å². The summed E-state index contributed by atoms with van der Waals surface area (Å²) in [4.78, 5) is 16.6. The number of nitrogens with zero attached hydrogens (tertiary/aromatic N) is 4. The summed E-state index contributed by atoms with van der Waals surface area (Å²) in [6.07, 6.45) is 3.02. The van der Waals surface area contributed by atoms with Crippen molar-refractivity contribution >= 4 is 11.6 Å². The number of carbonyl (C=O) groups is 1. The first-order valence-electron chi connectivity index (χ1n) is 6.56. The molecule has 3 rings (SSSR count). The zero-order valence-corrected chi connectivity index (χ0v) is 11.8. The number of pyridine rings is 1. The van der Waals surface area contributed by atoms with Crippen molar-refractivity contribution in [3.8, 4) is 11.6 Å². The van der Waals surface area contributed by atoms with E-state index >= 15 is 0 Å². The van der Waals surface area contributed by atoms with Crippen LogP contribution in [0.2, 0.25) is 0 Å². The zero-order valence-electron chi connectivity index (χ0n) is 11.8. The molecule has 0 aliphatic rings. The Hall–Kier alpha value is -3.22. The van der Waals surface area contributed by atoms with Gasteiger partial charge in [-0.15, -0.1) is 10.2 Å². The fraction of sp³-hybridized carbons (Fsp3) is 0.0667. The van der Waals surface area contributed by atoms with Gasteiger partial charge >= 0.3 is 0 Å². The van der Waals surface area contributed by atoms with E-state index in [1.165, 1.54) is 18.7 Å². The van der Waals surface area contributed by atoms with Gasteiger partial charge in [-0.05, 0) is 42.8 Å². The van der Waals surface area contributed by atoms with E-state index in [2.05, 4.69) is 20.5 Å². The molecule has 0 bridgehead atoms. The van der Waals surface area contributed by atoms with Gasteiger partial charge in [0.2, 0.25) is 0 Å². The number of amides is 1. The Morgan fingerprint density at radius 2 is 1.95 bits per heavy atom. The number of hydrogen-bond donors (Lipinski definition) is 2. The summed E-state index contributed by atoms with van der Waals surface area (Å²) >= 11 is 0. The fourth-order valence-electron chi connectivity index (χ4n) is 1.99. The molecule has 1 aromatic carbocycles. The molecular formula is C15H13N5O2. The van der Waals surface area contributed by atoms with Crippen LogP contribution in [0.1, 0.15) is 16.1 Å². The molecule has 7 heteroatoms. The summed E-state index contributed by atoms with van der Waals surface area (Å²) in [5, 5.41) is 19.6. The molecule has 0 atom stereocenters. The molecule has 0 aliphatic heterocycles. The summed E-state index contributed by atoms with van der Waals surface area (Å²) in [6, 6.07) is 9.86. The molecule has 7 nitrogen and oxygen atoms in total. The summed E-state index contributed by atoms with van der Waals surface area (Å²) in [6.45, 7) is 1.80. The van der Waals surface area contributed by atoms with Crippen LogP contribution in [0.15, 0.2) is 49.1 Å². The minimum absolute atomic E-state index is 0.156. The number of aryl methyl sites for hydroxylation is 1. The molecule has 0 radical (unpaired) electrons. The van der Waals surface area contributed by atoms with Crippen molar-refractivity contribution in [2.45, 2.75) is 6.92 Å². The number of rotatable bonds is 3. The lowest BCUT2D eigenvalue weighted by Crippen LogP contribution is -2.15. The highest BCUT2D eigenvalue weighted by Gasteiger charge is 2.11. The molecule has 2 aromatic heterocycles. The Morgan fingerprint density at radius 3 is 2.68 bits per heavy atom. The highest BCUT2D eigenvalue weighted by atomic mass is 16.3. The summed E-state index contributed by atoms with van der Waals surface area (Å²) in [5.74, 6) is 0.382. The summed E-state index contributed by atoms with van der Waals surface area (Å²) in [7, 11) is 0. The average molecular weight is 295 g/mol. The van der Waals surface area contributed by atoms with E-state index < -0.39 is 0 Å². The maximum Gasteiger partial charge on any atom is 0.274 e. The number of anilines is 1. The van der Waals surface area contributed by atoms with Gasteiger partial charge in [-0.1, -0.05) is 6.07 Å². The zero-order chi connectivity index (χ0) is 15.5. The van der Waals surface area contributed by atoms with Crippen LogP contribution in [0.5, 0.6) is 5.75 Å². The summed E-state index contributed by atoms with van der Waals surface area (Å²) < 4.78 is 1.61. The van der Waals surface area contributed by atoms with E-state index in [-0.39, 0.29) is 17.4 Å². The largest absolute Gasteiger partial charge is 0.508 e. The van der Waals surface area contributed by atoms with E-state index in [0.717, 1.165) is 5.56 Å². The minimum Gasteiger partial charge on any atom is -0.508 e. The third-order valence-corrected chi connectivity index (χ3v) is 3.11. The monoisotopic (exact) mass is 295 g/mol. The predicted octanol–water partition coefficient (Wildman–Crippen LogP) is 1.93. The second kappa shape index (κ2) is 5.65. The number of carbonyl (C=O) groups excluding carboxylic acids is 1. The number of aromatic hydroxyl groups is 1.